The number of hydrogen-bond acceptors (Lipinski definition) is 5. The Labute approximate surface area is 143 Å². The summed E-state index contributed by atoms with van der Waals surface area (Å²) in [6.45, 7) is 1.18. The summed E-state index contributed by atoms with van der Waals surface area (Å²) in [5, 5.41) is 2.96. The highest BCUT2D eigenvalue weighted by Crippen LogP contribution is 2.34. The molecule has 1 fully saturated rings. The number of nitrogens with one attached hydrogen (secondary N) is 1. The van der Waals surface area contributed by atoms with Crippen molar-refractivity contribution in [2.45, 2.75) is 11.1 Å². The zero-order valence-corrected chi connectivity index (χ0v) is 14.2. The van der Waals surface area contributed by atoms with E-state index in [2.05, 4.69) is 10.1 Å². The lowest BCUT2D eigenvalue weighted by molar-refractivity contribution is -0.138. The van der Waals surface area contributed by atoms with Crippen molar-refractivity contribution in [1.82, 2.24) is 9.62 Å². The van der Waals surface area contributed by atoms with Crippen LogP contribution in [0.1, 0.15) is 15.9 Å². The monoisotopic (exact) mass is 388 g/mol. The third kappa shape index (κ3) is 4.18. The molecular weight excluding hydrogens is 373 g/mol. The van der Waals surface area contributed by atoms with E-state index in [0.717, 1.165) is 23.5 Å². The second-order valence-corrected chi connectivity index (χ2v) is 6.79. The topological polar surface area (TPSA) is 75.7 Å². The van der Waals surface area contributed by atoms with Crippen LogP contribution >= 0.6 is 12.4 Å². The highest BCUT2D eigenvalue weighted by atomic mass is 35.5. The van der Waals surface area contributed by atoms with Gasteiger partial charge in [0.15, 0.2) is 0 Å². The minimum absolute atomic E-state index is 0. The molecule has 11 heteroatoms. The van der Waals surface area contributed by atoms with Crippen molar-refractivity contribution in [3.63, 3.8) is 0 Å². The quantitative estimate of drug-likeness (QED) is 0.794. The van der Waals surface area contributed by atoms with Crippen molar-refractivity contribution < 1.29 is 31.1 Å². The summed E-state index contributed by atoms with van der Waals surface area (Å²) in [5.74, 6) is -1.18. The summed E-state index contributed by atoms with van der Waals surface area (Å²) < 4.78 is 69.7. The smallest absolute Gasteiger partial charge is 0.417 e. The van der Waals surface area contributed by atoms with Crippen molar-refractivity contribution in [1.29, 1.82) is 0 Å². The Hall–Kier alpha value is -1.36. The molecule has 1 aromatic rings. The Balaban J connectivity index is 0.00000288. The Kier molecular flexibility index (Phi) is 6.62. The minimum atomic E-state index is -4.88. The molecule has 0 bridgehead atoms. The first-order valence-corrected chi connectivity index (χ1v) is 8.12. The van der Waals surface area contributed by atoms with Crippen LogP contribution in [-0.2, 0) is 20.9 Å². The predicted octanol–water partition coefficient (Wildman–Crippen LogP) is 1.51. The normalized spacial score (nSPS) is 16.3. The number of alkyl halides is 3. The molecule has 0 radical (unpaired) electrons. The molecule has 1 aromatic carbocycles. The van der Waals surface area contributed by atoms with E-state index >= 15 is 0 Å². The van der Waals surface area contributed by atoms with Crippen LogP contribution in [0, 0.1) is 0 Å². The highest BCUT2D eigenvalue weighted by molar-refractivity contribution is 7.89. The standard InChI is InChI=1S/C13H15F3N2O4S.ClH/c1-22-12(19)10-3-2-9(8-11(10)13(14,15)16)23(20,21)18-6-4-17-5-7-18;/h2-3,8,17H,4-7H2,1H3;1H. The first-order chi connectivity index (χ1) is 10.7. The molecule has 1 heterocycles. The lowest BCUT2D eigenvalue weighted by atomic mass is 10.1. The zero-order valence-electron chi connectivity index (χ0n) is 12.6. The maximum Gasteiger partial charge on any atom is 0.417 e. The van der Waals surface area contributed by atoms with Gasteiger partial charge in [0.05, 0.1) is 23.1 Å². The Morgan fingerprint density at radius 1 is 1.25 bits per heavy atom. The van der Waals surface area contributed by atoms with Crippen LogP contribution in [0.3, 0.4) is 0 Å². The molecule has 0 spiro atoms. The van der Waals surface area contributed by atoms with E-state index in [-0.39, 0.29) is 25.5 Å². The summed E-state index contributed by atoms with van der Waals surface area (Å²) >= 11 is 0. The molecule has 1 N–H and O–H groups in total. The third-order valence-corrected chi connectivity index (χ3v) is 5.31. The Morgan fingerprint density at radius 2 is 1.83 bits per heavy atom. The molecule has 0 aliphatic carbocycles. The molecule has 0 atom stereocenters. The SMILES string of the molecule is COC(=O)c1ccc(S(=O)(=O)N2CCNCC2)cc1C(F)(F)F.Cl. The second kappa shape index (κ2) is 7.68. The van der Waals surface area contributed by atoms with Crippen molar-refractivity contribution in [3.8, 4) is 0 Å². The maximum absolute atomic E-state index is 13.1. The largest absolute Gasteiger partial charge is 0.465 e. The number of methoxy groups -OCH3 is 1. The van der Waals surface area contributed by atoms with Crippen LogP contribution in [-0.4, -0.2) is 52.0 Å². The van der Waals surface area contributed by atoms with Gasteiger partial charge in [0.1, 0.15) is 0 Å². The van der Waals surface area contributed by atoms with E-state index in [9.17, 15) is 26.4 Å². The fourth-order valence-electron chi connectivity index (χ4n) is 2.24. The van der Waals surface area contributed by atoms with Crippen LogP contribution in [0.25, 0.3) is 0 Å². The molecular formula is C13H16ClF3N2O4S. The van der Waals surface area contributed by atoms with E-state index in [1.54, 1.807) is 0 Å². The summed E-state index contributed by atoms with van der Waals surface area (Å²) in [7, 11) is -3.10. The van der Waals surface area contributed by atoms with Crippen LogP contribution in [0.2, 0.25) is 0 Å². The number of ether oxygens (including phenoxy) is 1. The van der Waals surface area contributed by atoms with E-state index in [1.165, 1.54) is 0 Å². The molecule has 0 amide bonds. The van der Waals surface area contributed by atoms with Crippen molar-refractivity contribution in [2.75, 3.05) is 33.3 Å². The van der Waals surface area contributed by atoms with E-state index in [1.807, 2.05) is 0 Å². The number of carbonyl (C=O) groups excluding carboxylic acids is 1. The molecule has 136 valence electrons. The molecule has 0 saturated carbocycles. The van der Waals surface area contributed by atoms with Gasteiger partial charge in [-0.2, -0.15) is 17.5 Å². The predicted molar refractivity (Wildman–Crippen MR) is 81.7 cm³/mol. The maximum atomic E-state index is 13.1. The van der Waals surface area contributed by atoms with E-state index < -0.39 is 38.2 Å². The first kappa shape index (κ1) is 20.7. The van der Waals surface area contributed by atoms with Gasteiger partial charge < -0.3 is 10.1 Å². The van der Waals surface area contributed by atoms with Gasteiger partial charge in [-0.1, -0.05) is 0 Å². The summed E-state index contributed by atoms with van der Waals surface area (Å²) in [6, 6.07) is 2.28. The number of nitrogens with zero attached hydrogens (tertiary/aromatic N) is 1. The molecule has 6 nitrogen and oxygen atoms in total. The number of carbonyl (C=O) groups is 1. The zero-order chi connectivity index (χ0) is 17.3. The number of piperazine rings is 1. The van der Waals surface area contributed by atoms with Gasteiger partial charge in [0.2, 0.25) is 10.0 Å². The van der Waals surface area contributed by atoms with Crippen molar-refractivity contribution in [3.05, 3.63) is 29.3 Å². The lowest BCUT2D eigenvalue weighted by Crippen LogP contribution is -2.46. The number of benzene rings is 1. The fourth-order valence-corrected chi connectivity index (χ4v) is 3.71. The second-order valence-electron chi connectivity index (χ2n) is 4.85. The summed E-state index contributed by atoms with van der Waals surface area (Å²) in [5.41, 5.74) is -2.06. The van der Waals surface area contributed by atoms with Gasteiger partial charge in [-0.25, -0.2) is 13.2 Å². The molecule has 24 heavy (non-hydrogen) atoms. The summed E-state index contributed by atoms with van der Waals surface area (Å²) in [6.07, 6.45) is -4.88. The van der Waals surface area contributed by atoms with Crippen LogP contribution in [0.4, 0.5) is 13.2 Å². The van der Waals surface area contributed by atoms with Gasteiger partial charge in [-0.15, -0.1) is 12.4 Å². The average molecular weight is 389 g/mol. The van der Waals surface area contributed by atoms with Crippen LogP contribution < -0.4 is 5.32 Å². The fraction of sp³-hybridized carbons (Fsp3) is 0.462. The van der Waals surface area contributed by atoms with Gasteiger partial charge in [-0.05, 0) is 18.2 Å². The van der Waals surface area contributed by atoms with Gasteiger partial charge >= 0.3 is 12.1 Å². The molecule has 1 saturated heterocycles. The lowest BCUT2D eigenvalue weighted by Gasteiger charge is -2.27. The van der Waals surface area contributed by atoms with Gasteiger partial charge in [0.25, 0.3) is 0 Å². The Bertz CT molecular complexity index is 704. The van der Waals surface area contributed by atoms with E-state index in [4.69, 9.17) is 0 Å². The van der Waals surface area contributed by atoms with Gasteiger partial charge in [-0.3, -0.25) is 0 Å². The molecule has 2 rings (SSSR count). The molecule has 0 unspecified atom stereocenters. The van der Waals surface area contributed by atoms with Crippen molar-refractivity contribution in [2.24, 2.45) is 0 Å². The van der Waals surface area contributed by atoms with Crippen molar-refractivity contribution >= 4 is 28.4 Å². The minimum Gasteiger partial charge on any atom is -0.465 e. The van der Waals surface area contributed by atoms with Gasteiger partial charge in [0, 0.05) is 26.2 Å². The first-order valence-electron chi connectivity index (χ1n) is 6.68. The van der Waals surface area contributed by atoms with Crippen LogP contribution in [0.15, 0.2) is 23.1 Å². The number of rotatable bonds is 3. The third-order valence-electron chi connectivity index (χ3n) is 3.42. The molecule has 1 aliphatic heterocycles. The molecule has 1 aliphatic rings. The number of esters is 1. The highest BCUT2D eigenvalue weighted by Gasteiger charge is 2.37. The molecule has 0 aromatic heterocycles. The number of sulfonamides is 1. The summed E-state index contributed by atoms with van der Waals surface area (Å²) in [4.78, 5) is 11.0. The van der Waals surface area contributed by atoms with E-state index in [0.29, 0.717) is 19.2 Å². The number of hydrogen-bond donors (Lipinski definition) is 1. The van der Waals surface area contributed by atoms with Crippen LogP contribution in [0.5, 0.6) is 0 Å². The Morgan fingerprint density at radius 3 is 2.33 bits per heavy atom. The average Bonchev–Trinajstić information content (AvgIpc) is 2.53. The number of halogens is 4.